The molecule has 30 heavy (non-hydrogen) atoms. The first-order valence-corrected chi connectivity index (χ1v) is 12.4. The third-order valence-electron chi connectivity index (χ3n) is 5.73. The second-order valence-electron chi connectivity index (χ2n) is 7.88. The molecule has 0 bridgehead atoms. The molecule has 0 fully saturated rings. The molecule has 152 valence electrons. The van der Waals surface area contributed by atoms with Crippen molar-refractivity contribution in [1.82, 2.24) is 4.98 Å². The SMILES string of the molecule is Cc1cccc(-c2cc(-c3ccc(S(N)(=O)=O)cc3)nc3sc4c(c23)CCCC4)c1. The summed E-state index contributed by atoms with van der Waals surface area (Å²) in [5, 5.41) is 6.53. The molecule has 6 heteroatoms. The van der Waals surface area contributed by atoms with E-state index in [1.807, 2.05) is 0 Å². The molecule has 5 rings (SSSR count). The van der Waals surface area contributed by atoms with Crippen LogP contribution in [0.25, 0.3) is 32.6 Å². The minimum atomic E-state index is -3.71. The van der Waals surface area contributed by atoms with E-state index in [1.54, 1.807) is 35.6 Å². The van der Waals surface area contributed by atoms with Crippen LogP contribution in [0.5, 0.6) is 0 Å². The molecule has 0 radical (unpaired) electrons. The number of hydrogen-bond donors (Lipinski definition) is 1. The van der Waals surface area contributed by atoms with Gasteiger partial charge in [0.1, 0.15) is 4.83 Å². The summed E-state index contributed by atoms with van der Waals surface area (Å²) in [6.45, 7) is 2.11. The first-order chi connectivity index (χ1) is 14.4. The van der Waals surface area contributed by atoms with E-state index in [4.69, 9.17) is 10.1 Å². The summed E-state index contributed by atoms with van der Waals surface area (Å²) in [6.07, 6.45) is 4.70. The zero-order valence-electron chi connectivity index (χ0n) is 16.7. The van der Waals surface area contributed by atoms with Crippen molar-refractivity contribution in [2.45, 2.75) is 37.5 Å². The van der Waals surface area contributed by atoms with Crippen molar-refractivity contribution in [3.05, 3.63) is 70.6 Å². The Labute approximate surface area is 180 Å². The number of benzene rings is 2. The summed E-state index contributed by atoms with van der Waals surface area (Å²) in [4.78, 5) is 7.62. The fourth-order valence-electron chi connectivity index (χ4n) is 4.26. The molecule has 1 aliphatic rings. The van der Waals surface area contributed by atoms with Gasteiger partial charge in [-0.25, -0.2) is 18.5 Å². The van der Waals surface area contributed by atoms with Gasteiger partial charge in [0, 0.05) is 15.8 Å². The Morgan fingerprint density at radius 3 is 2.47 bits per heavy atom. The average molecular weight is 435 g/mol. The van der Waals surface area contributed by atoms with Crippen molar-refractivity contribution < 1.29 is 8.42 Å². The van der Waals surface area contributed by atoms with E-state index in [0.717, 1.165) is 28.9 Å². The maximum Gasteiger partial charge on any atom is 0.238 e. The number of nitrogens with two attached hydrogens (primary N) is 1. The molecule has 0 spiro atoms. The van der Waals surface area contributed by atoms with Crippen LogP contribution < -0.4 is 5.14 Å². The molecule has 2 aromatic heterocycles. The second kappa shape index (κ2) is 7.30. The van der Waals surface area contributed by atoms with E-state index in [1.165, 1.54) is 45.4 Å². The van der Waals surface area contributed by atoms with Gasteiger partial charge in [0.25, 0.3) is 0 Å². The van der Waals surface area contributed by atoms with Crippen molar-refractivity contribution >= 4 is 31.6 Å². The number of nitrogens with zero attached hydrogens (tertiary/aromatic N) is 1. The van der Waals surface area contributed by atoms with Crippen molar-refractivity contribution in [2.24, 2.45) is 5.14 Å². The van der Waals surface area contributed by atoms with E-state index in [2.05, 4.69) is 37.3 Å². The number of pyridine rings is 1. The lowest BCUT2D eigenvalue weighted by Gasteiger charge is -2.14. The van der Waals surface area contributed by atoms with Crippen LogP contribution in [-0.2, 0) is 22.9 Å². The highest BCUT2D eigenvalue weighted by molar-refractivity contribution is 7.89. The van der Waals surface area contributed by atoms with Crippen LogP contribution in [-0.4, -0.2) is 13.4 Å². The van der Waals surface area contributed by atoms with Crippen molar-refractivity contribution in [3.8, 4) is 22.4 Å². The lowest BCUT2D eigenvalue weighted by Crippen LogP contribution is -2.11. The molecule has 1 aliphatic carbocycles. The molecule has 0 saturated heterocycles. The summed E-state index contributed by atoms with van der Waals surface area (Å²) in [6, 6.07) is 17.4. The first kappa shape index (κ1) is 19.4. The topological polar surface area (TPSA) is 73.1 Å². The summed E-state index contributed by atoms with van der Waals surface area (Å²) in [7, 11) is -3.71. The molecule has 2 N–H and O–H groups in total. The predicted molar refractivity (Wildman–Crippen MR) is 123 cm³/mol. The van der Waals surface area contributed by atoms with Crippen LogP contribution in [0.1, 0.15) is 28.8 Å². The molecular weight excluding hydrogens is 412 g/mol. The van der Waals surface area contributed by atoms with Crippen LogP contribution in [0.2, 0.25) is 0 Å². The maximum absolute atomic E-state index is 11.6. The fraction of sp³-hybridized carbons (Fsp3) is 0.208. The average Bonchev–Trinajstić information content (AvgIpc) is 3.11. The zero-order chi connectivity index (χ0) is 20.9. The molecule has 0 saturated carbocycles. The quantitative estimate of drug-likeness (QED) is 0.465. The minimum Gasteiger partial charge on any atom is -0.237 e. The Kier molecular flexibility index (Phi) is 4.73. The van der Waals surface area contributed by atoms with Gasteiger partial charge in [-0.1, -0.05) is 42.0 Å². The Bertz CT molecular complexity index is 1370. The normalized spacial score (nSPS) is 14.1. The number of hydrogen-bond acceptors (Lipinski definition) is 4. The van der Waals surface area contributed by atoms with Gasteiger partial charge in [-0.2, -0.15) is 0 Å². The lowest BCUT2D eigenvalue weighted by molar-refractivity contribution is 0.598. The molecule has 0 atom stereocenters. The Hall–Kier alpha value is -2.54. The van der Waals surface area contributed by atoms with Crippen LogP contribution in [0.15, 0.2) is 59.5 Å². The van der Waals surface area contributed by atoms with Gasteiger partial charge < -0.3 is 0 Å². The number of primary sulfonamides is 1. The minimum absolute atomic E-state index is 0.109. The highest BCUT2D eigenvalue weighted by atomic mass is 32.2. The van der Waals surface area contributed by atoms with E-state index in [0.29, 0.717) is 0 Å². The van der Waals surface area contributed by atoms with Crippen LogP contribution in [0.3, 0.4) is 0 Å². The summed E-state index contributed by atoms with van der Waals surface area (Å²) in [5.74, 6) is 0. The summed E-state index contributed by atoms with van der Waals surface area (Å²) in [5.41, 5.74) is 6.80. The number of rotatable bonds is 3. The van der Waals surface area contributed by atoms with E-state index < -0.39 is 10.0 Å². The van der Waals surface area contributed by atoms with E-state index in [9.17, 15) is 8.42 Å². The second-order valence-corrected chi connectivity index (χ2v) is 10.5. The lowest BCUT2D eigenvalue weighted by atomic mass is 9.91. The smallest absolute Gasteiger partial charge is 0.237 e. The number of aromatic nitrogens is 1. The van der Waals surface area contributed by atoms with E-state index >= 15 is 0 Å². The molecule has 4 aromatic rings. The zero-order valence-corrected chi connectivity index (χ0v) is 18.3. The highest BCUT2D eigenvalue weighted by Gasteiger charge is 2.21. The number of sulfonamides is 1. The van der Waals surface area contributed by atoms with Crippen LogP contribution >= 0.6 is 11.3 Å². The van der Waals surface area contributed by atoms with Gasteiger partial charge in [-0.15, -0.1) is 11.3 Å². The molecule has 2 heterocycles. The van der Waals surface area contributed by atoms with Crippen molar-refractivity contribution in [2.75, 3.05) is 0 Å². The largest absolute Gasteiger partial charge is 0.238 e. The Morgan fingerprint density at radius 2 is 1.73 bits per heavy atom. The first-order valence-electron chi connectivity index (χ1n) is 10.1. The third kappa shape index (κ3) is 3.45. The standard InChI is InChI=1S/C24H22N2O2S2/c1-15-5-4-6-17(13-15)20-14-21(16-9-11-18(12-10-16)30(25,27)28)26-24-23(20)19-7-2-3-8-22(19)29-24/h4-6,9-14H,2-3,7-8H2,1H3,(H2,25,27,28). The Balaban J connectivity index is 1.75. The van der Waals surface area contributed by atoms with Gasteiger partial charge >= 0.3 is 0 Å². The summed E-state index contributed by atoms with van der Waals surface area (Å²) >= 11 is 1.80. The van der Waals surface area contributed by atoms with Gasteiger partial charge in [0.2, 0.25) is 10.0 Å². The molecule has 2 aromatic carbocycles. The van der Waals surface area contributed by atoms with Crippen molar-refractivity contribution in [1.29, 1.82) is 0 Å². The Morgan fingerprint density at radius 1 is 0.967 bits per heavy atom. The molecule has 4 nitrogen and oxygen atoms in total. The molecule has 0 aliphatic heterocycles. The van der Waals surface area contributed by atoms with Gasteiger partial charge in [0.15, 0.2) is 0 Å². The predicted octanol–water partition coefficient (Wildman–Crippen LogP) is 5.46. The molecule has 0 unspecified atom stereocenters. The van der Waals surface area contributed by atoms with Crippen LogP contribution in [0.4, 0.5) is 0 Å². The molecule has 0 amide bonds. The fourth-order valence-corrected chi connectivity index (χ4v) is 6.06. The van der Waals surface area contributed by atoms with Gasteiger partial charge in [0.05, 0.1) is 10.6 Å². The van der Waals surface area contributed by atoms with Crippen LogP contribution in [0, 0.1) is 6.92 Å². The third-order valence-corrected chi connectivity index (χ3v) is 7.85. The summed E-state index contributed by atoms with van der Waals surface area (Å²) < 4.78 is 23.2. The van der Waals surface area contributed by atoms with Gasteiger partial charge in [-0.05, 0) is 67.5 Å². The maximum atomic E-state index is 11.6. The van der Waals surface area contributed by atoms with E-state index in [-0.39, 0.29) is 4.90 Å². The highest BCUT2D eigenvalue weighted by Crippen LogP contribution is 2.42. The molecular formula is C24H22N2O2S2. The number of aryl methyl sites for hydroxylation is 3. The number of thiophene rings is 1. The van der Waals surface area contributed by atoms with Gasteiger partial charge in [-0.3, -0.25) is 0 Å². The monoisotopic (exact) mass is 434 g/mol. The van der Waals surface area contributed by atoms with Crippen molar-refractivity contribution in [3.63, 3.8) is 0 Å². The number of fused-ring (bicyclic) bond motifs is 3.